The predicted octanol–water partition coefficient (Wildman–Crippen LogP) is 5.89. The highest BCUT2D eigenvalue weighted by Gasteiger charge is 2.51. The molecule has 0 unspecified atom stereocenters. The summed E-state index contributed by atoms with van der Waals surface area (Å²) < 4.78 is 34.0. The van der Waals surface area contributed by atoms with Crippen LogP contribution in [0, 0.1) is 0 Å². The van der Waals surface area contributed by atoms with Gasteiger partial charge in [0.25, 0.3) is 10.1 Å². The lowest BCUT2D eigenvalue weighted by Gasteiger charge is -2.34. The van der Waals surface area contributed by atoms with Crippen LogP contribution in [0.4, 0.5) is 0 Å². The molecular weight excluding hydrogens is 482 g/mol. The largest absolute Gasteiger partial charge is 0.508 e. The van der Waals surface area contributed by atoms with Gasteiger partial charge < -0.3 is 10.2 Å². The van der Waals surface area contributed by atoms with Gasteiger partial charge in [0, 0.05) is 37.3 Å². The van der Waals surface area contributed by atoms with Crippen LogP contribution in [-0.2, 0) is 14.9 Å². The Morgan fingerprint density at radius 1 is 0.690 bits per heavy atom. The minimum Gasteiger partial charge on any atom is -0.508 e. The number of phenolic OH excluding ortho intramolecular Hbond substituents is 2. The number of rotatable bonds is 4. The lowest BCUT2D eigenvalue weighted by Crippen LogP contribution is -2.39. The summed E-state index contributed by atoms with van der Waals surface area (Å²) in [4.78, 5) is 0. The standard InChI is InChI=1S/C19H12Cl4O5S/c20-11-1-3-17(22)15(7-11)19(29(26,27)28,10-5-13(24)9-14(25)6-10)16-8-12(21)2-4-18(16)23/h1-9,24-25H,(H,26,27,28). The molecule has 3 aromatic rings. The van der Waals surface area contributed by atoms with Gasteiger partial charge in [0.15, 0.2) is 4.75 Å². The monoisotopic (exact) mass is 492 g/mol. The van der Waals surface area contributed by atoms with E-state index < -0.39 is 26.4 Å². The summed E-state index contributed by atoms with van der Waals surface area (Å²) in [5.74, 6) is -0.909. The Balaban J connectivity index is 2.65. The Labute approximate surface area is 186 Å². The molecule has 0 saturated heterocycles. The Kier molecular flexibility index (Phi) is 5.98. The van der Waals surface area contributed by atoms with E-state index in [1.807, 2.05) is 0 Å². The molecule has 0 atom stereocenters. The molecule has 0 aliphatic carbocycles. The van der Waals surface area contributed by atoms with Crippen molar-refractivity contribution >= 4 is 56.5 Å². The predicted molar refractivity (Wildman–Crippen MR) is 114 cm³/mol. The molecular formula is C19H12Cl4O5S. The van der Waals surface area contributed by atoms with Crippen molar-refractivity contribution in [3.63, 3.8) is 0 Å². The van der Waals surface area contributed by atoms with Crippen molar-refractivity contribution in [2.45, 2.75) is 4.75 Å². The van der Waals surface area contributed by atoms with Crippen molar-refractivity contribution in [2.24, 2.45) is 0 Å². The van der Waals surface area contributed by atoms with Gasteiger partial charge in [-0.25, -0.2) is 0 Å². The number of benzene rings is 3. The lowest BCUT2D eigenvalue weighted by atomic mass is 9.83. The van der Waals surface area contributed by atoms with E-state index in [9.17, 15) is 23.2 Å². The fraction of sp³-hybridized carbons (Fsp3) is 0.0526. The van der Waals surface area contributed by atoms with Crippen molar-refractivity contribution in [3.05, 3.63) is 91.4 Å². The number of aromatic hydroxyl groups is 2. The summed E-state index contributed by atoms with van der Waals surface area (Å²) in [5.41, 5.74) is -0.530. The van der Waals surface area contributed by atoms with E-state index in [2.05, 4.69) is 0 Å². The Bertz CT molecular complexity index is 1140. The smallest absolute Gasteiger partial charge is 0.283 e. The van der Waals surface area contributed by atoms with Crippen molar-refractivity contribution in [3.8, 4) is 11.5 Å². The quantitative estimate of drug-likeness (QED) is 0.311. The van der Waals surface area contributed by atoms with E-state index in [-0.39, 0.29) is 36.8 Å². The van der Waals surface area contributed by atoms with Crippen molar-refractivity contribution in [1.29, 1.82) is 0 Å². The summed E-state index contributed by atoms with van der Waals surface area (Å²) >= 11 is 24.8. The first-order chi connectivity index (χ1) is 13.5. The summed E-state index contributed by atoms with van der Waals surface area (Å²) in [6.45, 7) is 0. The first kappa shape index (κ1) is 22.0. The van der Waals surface area contributed by atoms with Gasteiger partial charge in [-0.15, -0.1) is 0 Å². The molecule has 0 spiro atoms. The van der Waals surface area contributed by atoms with Crippen LogP contribution in [-0.4, -0.2) is 23.2 Å². The highest BCUT2D eigenvalue weighted by atomic mass is 35.5. The van der Waals surface area contributed by atoms with Gasteiger partial charge in [-0.05, 0) is 54.1 Å². The normalized spacial score (nSPS) is 12.2. The number of hydrogen-bond acceptors (Lipinski definition) is 4. The van der Waals surface area contributed by atoms with Crippen LogP contribution in [0.3, 0.4) is 0 Å². The van der Waals surface area contributed by atoms with Crippen LogP contribution in [0.15, 0.2) is 54.6 Å². The van der Waals surface area contributed by atoms with Crippen molar-refractivity contribution in [1.82, 2.24) is 0 Å². The third kappa shape index (κ3) is 3.89. The molecule has 0 saturated carbocycles. The van der Waals surface area contributed by atoms with Crippen LogP contribution in [0.2, 0.25) is 20.1 Å². The fourth-order valence-electron chi connectivity index (χ4n) is 3.22. The summed E-state index contributed by atoms with van der Waals surface area (Å²) in [6.07, 6.45) is 0. The second-order valence-electron chi connectivity index (χ2n) is 6.14. The number of halogens is 4. The molecule has 0 aliphatic rings. The van der Waals surface area contributed by atoms with Gasteiger partial charge >= 0.3 is 0 Å². The number of hydrogen-bond donors (Lipinski definition) is 3. The SMILES string of the molecule is O=S(=O)(O)C(c1cc(O)cc(O)c1)(c1cc(Cl)ccc1Cl)c1cc(Cl)ccc1Cl. The molecule has 29 heavy (non-hydrogen) atoms. The van der Waals surface area contributed by atoms with E-state index in [1.165, 1.54) is 36.4 Å². The van der Waals surface area contributed by atoms with Crippen LogP contribution < -0.4 is 0 Å². The maximum atomic E-state index is 13.0. The molecule has 3 rings (SSSR count). The van der Waals surface area contributed by atoms with Crippen molar-refractivity contribution < 1.29 is 23.2 Å². The van der Waals surface area contributed by atoms with Gasteiger partial charge in [-0.1, -0.05) is 46.4 Å². The van der Waals surface area contributed by atoms with E-state index in [0.717, 1.165) is 18.2 Å². The zero-order valence-corrected chi connectivity index (χ0v) is 18.1. The fourth-order valence-corrected chi connectivity index (χ4v) is 5.50. The van der Waals surface area contributed by atoms with E-state index in [4.69, 9.17) is 46.4 Å². The first-order valence-corrected chi connectivity index (χ1v) is 10.8. The van der Waals surface area contributed by atoms with E-state index >= 15 is 0 Å². The maximum Gasteiger partial charge on any atom is 0.283 e. The second kappa shape index (κ2) is 7.87. The van der Waals surface area contributed by atoms with E-state index in [0.29, 0.717) is 0 Å². The number of phenols is 2. The average molecular weight is 494 g/mol. The summed E-state index contributed by atoms with van der Waals surface area (Å²) in [7, 11) is -5.11. The van der Waals surface area contributed by atoms with Crippen LogP contribution in [0.5, 0.6) is 11.5 Å². The molecule has 0 aromatic heterocycles. The lowest BCUT2D eigenvalue weighted by molar-refractivity contribution is 0.444. The third-order valence-electron chi connectivity index (χ3n) is 4.31. The highest BCUT2D eigenvalue weighted by molar-refractivity contribution is 7.87. The molecule has 0 bridgehead atoms. The summed E-state index contributed by atoms with van der Waals surface area (Å²) in [5, 5.41) is 20.1. The maximum absolute atomic E-state index is 13.0. The van der Waals surface area contributed by atoms with Gasteiger partial charge in [0.1, 0.15) is 11.5 Å². The molecule has 5 nitrogen and oxygen atoms in total. The van der Waals surface area contributed by atoms with Crippen LogP contribution in [0.1, 0.15) is 16.7 Å². The molecule has 3 aromatic carbocycles. The van der Waals surface area contributed by atoms with Gasteiger partial charge in [-0.2, -0.15) is 8.42 Å². The zero-order chi connectivity index (χ0) is 21.6. The second-order valence-corrected chi connectivity index (χ2v) is 9.39. The van der Waals surface area contributed by atoms with Gasteiger partial charge in [0.05, 0.1) is 0 Å². The highest BCUT2D eigenvalue weighted by Crippen LogP contribution is 2.50. The molecule has 10 heteroatoms. The minimum atomic E-state index is -5.11. The summed E-state index contributed by atoms with van der Waals surface area (Å²) in [6, 6.07) is 11.2. The Morgan fingerprint density at radius 3 is 1.48 bits per heavy atom. The van der Waals surface area contributed by atoms with Crippen LogP contribution >= 0.6 is 46.4 Å². The average Bonchev–Trinajstić information content (AvgIpc) is 2.59. The molecule has 0 fully saturated rings. The van der Waals surface area contributed by atoms with Gasteiger partial charge in [0.2, 0.25) is 0 Å². The molecule has 152 valence electrons. The van der Waals surface area contributed by atoms with Gasteiger partial charge in [-0.3, -0.25) is 4.55 Å². The third-order valence-corrected chi connectivity index (χ3v) is 6.89. The molecule has 3 N–H and O–H groups in total. The van der Waals surface area contributed by atoms with Crippen molar-refractivity contribution in [2.75, 3.05) is 0 Å². The van der Waals surface area contributed by atoms with E-state index in [1.54, 1.807) is 0 Å². The Morgan fingerprint density at radius 2 is 1.10 bits per heavy atom. The minimum absolute atomic E-state index is 0.0640. The van der Waals surface area contributed by atoms with Crippen LogP contribution in [0.25, 0.3) is 0 Å². The first-order valence-electron chi connectivity index (χ1n) is 7.88. The molecule has 0 heterocycles. The molecule has 0 aliphatic heterocycles. The molecule has 0 radical (unpaired) electrons. The topological polar surface area (TPSA) is 94.8 Å². The Hall–Kier alpha value is -1.67. The molecule has 0 amide bonds. The zero-order valence-electron chi connectivity index (χ0n) is 14.3.